The fraction of sp³-hybridized carbons (Fsp3) is 0.429. The van der Waals surface area contributed by atoms with Crippen molar-refractivity contribution in [1.82, 2.24) is 4.90 Å². The van der Waals surface area contributed by atoms with Gasteiger partial charge in [0.2, 0.25) is 0 Å². The van der Waals surface area contributed by atoms with Crippen molar-refractivity contribution in [3.05, 3.63) is 24.3 Å². The number of hydrogen-bond acceptors (Lipinski definition) is 3. The molecular weight excluding hydrogens is 244 g/mol. The summed E-state index contributed by atoms with van der Waals surface area (Å²) in [5.41, 5.74) is 0.591. The van der Waals surface area contributed by atoms with Crippen LogP contribution in [0.4, 0.5) is 5.69 Å². The van der Waals surface area contributed by atoms with Crippen molar-refractivity contribution >= 4 is 17.5 Å². The third-order valence-corrected chi connectivity index (χ3v) is 3.37. The highest BCUT2D eigenvalue weighted by atomic mass is 16.3. The molecule has 1 aromatic rings. The number of anilines is 1. The lowest BCUT2D eigenvalue weighted by Gasteiger charge is -2.28. The van der Waals surface area contributed by atoms with E-state index in [-0.39, 0.29) is 5.75 Å². The smallest absolute Gasteiger partial charge is 0.316 e. The summed E-state index contributed by atoms with van der Waals surface area (Å²) in [4.78, 5) is 27.1. The largest absolute Gasteiger partial charge is 0.508 e. The van der Waals surface area contributed by atoms with E-state index in [1.165, 1.54) is 17.0 Å². The summed E-state index contributed by atoms with van der Waals surface area (Å²) < 4.78 is 0. The summed E-state index contributed by atoms with van der Waals surface area (Å²) in [6.45, 7) is 1.32. The molecule has 0 aromatic heterocycles. The number of benzene rings is 1. The number of nitrogens with zero attached hydrogens (tertiary/aromatic N) is 2. The van der Waals surface area contributed by atoms with Crippen molar-refractivity contribution in [3.8, 4) is 5.75 Å². The minimum Gasteiger partial charge on any atom is -0.508 e. The van der Waals surface area contributed by atoms with Crippen LogP contribution in [0, 0.1) is 0 Å². The van der Waals surface area contributed by atoms with Gasteiger partial charge in [-0.05, 0) is 43.5 Å². The number of likely N-dealkylation sites (tertiary alicyclic amines) is 1. The van der Waals surface area contributed by atoms with E-state index in [9.17, 15) is 14.7 Å². The second-order valence-electron chi connectivity index (χ2n) is 4.73. The monoisotopic (exact) mass is 262 g/mol. The molecule has 0 radical (unpaired) electrons. The maximum atomic E-state index is 12.1. The first kappa shape index (κ1) is 13.4. The van der Waals surface area contributed by atoms with Gasteiger partial charge in [-0.15, -0.1) is 0 Å². The van der Waals surface area contributed by atoms with Crippen molar-refractivity contribution in [2.75, 3.05) is 25.0 Å². The minimum atomic E-state index is -0.535. The first-order valence-corrected chi connectivity index (χ1v) is 6.45. The Hall–Kier alpha value is -2.04. The molecule has 5 nitrogen and oxygen atoms in total. The molecule has 0 saturated carbocycles. The Morgan fingerprint density at radius 1 is 1.11 bits per heavy atom. The molecule has 1 aliphatic rings. The van der Waals surface area contributed by atoms with Gasteiger partial charge in [-0.1, -0.05) is 0 Å². The summed E-state index contributed by atoms with van der Waals surface area (Å²) in [6, 6.07) is 6.20. The maximum Gasteiger partial charge on any atom is 0.316 e. The predicted octanol–water partition coefficient (Wildman–Crippen LogP) is 1.37. The third kappa shape index (κ3) is 3.05. The minimum absolute atomic E-state index is 0.131. The second kappa shape index (κ2) is 5.73. The molecule has 0 unspecified atom stereocenters. The molecule has 1 aliphatic heterocycles. The van der Waals surface area contributed by atoms with Crippen molar-refractivity contribution in [2.24, 2.45) is 0 Å². The summed E-state index contributed by atoms with van der Waals surface area (Å²) >= 11 is 0. The van der Waals surface area contributed by atoms with Crippen LogP contribution in [-0.2, 0) is 9.59 Å². The Balaban J connectivity index is 2.05. The lowest BCUT2D eigenvalue weighted by Crippen LogP contribution is -2.45. The molecule has 0 aliphatic carbocycles. The molecule has 0 spiro atoms. The van der Waals surface area contributed by atoms with Gasteiger partial charge in [0.15, 0.2) is 0 Å². The zero-order valence-corrected chi connectivity index (χ0v) is 11.0. The van der Waals surface area contributed by atoms with Crippen molar-refractivity contribution in [3.63, 3.8) is 0 Å². The number of phenols is 1. The molecular formula is C14H18N2O3. The van der Waals surface area contributed by atoms with Crippen molar-refractivity contribution < 1.29 is 14.7 Å². The first-order chi connectivity index (χ1) is 9.09. The molecule has 102 valence electrons. The lowest BCUT2D eigenvalue weighted by atomic mass is 10.1. The van der Waals surface area contributed by atoms with Gasteiger partial charge in [-0.25, -0.2) is 0 Å². The van der Waals surface area contributed by atoms with E-state index in [2.05, 4.69) is 0 Å². The molecule has 5 heteroatoms. The zero-order valence-electron chi connectivity index (χ0n) is 11.0. The van der Waals surface area contributed by atoms with Crippen LogP contribution < -0.4 is 4.90 Å². The highest BCUT2D eigenvalue weighted by Crippen LogP contribution is 2.18. The fourth-order valence-corrected chi connectivity index (χ4v) is 2.17. The zero-order chi connectivity index (χ0) is 13.8. The number of aromatic hydroxyl groups is 1. The van der Waals surface area contributed by atoms with E-state index in [0.717, 1.165) is 19.3 Å². The van der Waals surface area contributed by atoms with Gasteiger partial charge >= 0.3 is 11.8 Å². The standard InChI is InChI=1S/C14H18N2O3/c1-15(11-5-7-12(17)8-6-11)13(18)14(19)16-9-3-2-4-10-16/h5-8,17H,2-4,9-10H2,1H3. The number of likely N-dealkylation sites (N-methyl/N-ethyl adjacent to an activating group) is 1. The van der Waals surface area contributed by atoms with Crippen molar-refractivity contribution in [1.29, 1.82) is 0 Å². The lowest BCUT2D eigenvalue weighted by molar-refractivity contribution is -0.144. The molecule has 1 saturated heterocycles. The van der Waals surface area contributed by atoms with E-state index in [1.54, 1.807) is 24.1 Å². The van der Waals surface area contributed by atoms with Crippen LogP contribution in [0.2, 0.25) is 0 Å². The van der Waals surface area contributed by atoms with Gasteiger partial charge in [0, 0.05) is 25.8 Å². The van der Waals surface area contributed by atoms with Crippen LogP contribution in [-0.4, -0.2) is 42.0 Å². The number of amides is 2. The topological polar surface area (TPSA) is 60.9 Å². The Morgan fingerprint density at radius 3 is 2.26 bits per heavy atom. The Bertz CT molecular complexity index is 464. The van der Waals surface area contributed by atoms with E-state index in [1.807, 2.05) is 0 Å². The van der Waals surface area contributed by atoms with Gasteiger partial charge in [0.05, 0.1) is 0 Å². The normalized spacial score (nSPS) is 15.1. The maximum absolute atomic E-state index is 12.1. The third-order valence-electron chi connectivity index (χ3n) is 3.37. The van der Waals surface area contributed by atoms with Crippen LogP contribution in [0.25, 0.3) is 0 Å². The molecule has 0 atom stereocenters. The van der Waals surface area contributed by atoms with E-state index < -0.39 is 11.8 Å². The highest BCUT2D eigenvalue weighted by molar-refractivity contribution is 6.40. The predicted molar refractivity (Wildman–Crippen MR) is 71.9 cm³/mol. The number of phenolic OH excluding ortho intramolecular Hbond substituents is 1. The number of hydrogen-bond donors (Lipinski definition) is 1. The summed E-state index contributed by atoms with van der Waals surface area (Å²) in [5, 5.41) is 9.21. The Kier molecular flexibility index (Phi) is 4.04. The molecule has 1 N–H and O–H groups in total. The number of carbonyl (C=O) groups excluding carboxylic acids is 2. The highest BCUT2D eigenvalue weighted by Gasteiger charge is 2.26. The molecule has 1 heterocycles. The molecule has 0 bridgehead atoms. The summed E-state index contributed by atoms with van der Waals surface area (Å²) in [6.07, 6.45) is 3.04. The summed E-state index contributed by atoms with van der Waals surface area (Å²) in [7, 11) is 1.57. The summed E-state index contributed by atoms with van der Waals surface area (Å²) in [5.74, 6) is -0.852. The quantitative estimate of drug-likeness (QED) is 0.777. The van der Waals surface area contributed by atoms with E-state index >= 15 is 0 Å². The van der Waals surface area contributed by atoms with Gasteiger partial charge in [0.25, 0.3) is 0 Å². The van der Waals surface area contributed by atoms with Gasteiger partial charge in [0.1, 0.15) is 5.75 Å². The number of rotatable bonds is 1. The van der Waals surface area contributed by atoms with Crippen LogP contribution >= 0.6 is 0 Å². The second-order valence-corrected chi connectivity index (χ2v) is 4.73. The van der Waals surface area contributed by atoms with Crippen molar-refractivity contribution in [2.45, 2.75) is 19.3 Å². The average molecular weight is 262 g/mol. The molecule has 1 fully saturated rings. The van der Waals surface area contributed by atoms with Crippen LogP contribution in [0.1, 0.15) is 19.3 Å². The Morgan fingerprint density at radius 2 is 1.68 bits per heavy atom. The number of carbonyl (C=O) groups is 2. The van der Waals surface area contributed by atoms with Crippen LogP contribution in [0.15, 0.2) is 24.3 Å². The van der Waals surface area contributed by atoms with Crippen LogP contribution in [0.5, 0.6) is 5.75 Å². The molecule has 1 aromatic carbocycles. The van der Waals surface area contributed by atoms with E-state index in [4.69, 9.17) is 0 Å². The van der Waals surface area contributed by atoms with Crippen LogP contribution in [0.3, 0.4) is 0 Å². The van der Waals surface area contributed by atoms with E-state index in [0.29, 0.717) is 18.8 Å². The first-order valence-electron chi connectivity index (χ1n) is 6.45. The Labute approximate surface area is 112 Å². The van der Waals surface area contributed by atoms with Gasteiger partial charge in [-0.2, -0.15) is 0 Å². The molecule has 2 amide bonds. The average Bonchev–Trinajstić information content (AvgIpc) is 2.46. The molecule has 2 rings (SSSR count). The molecule has 19 heavy (non-hydrogen) atoms. The van der Waals surface area contributed by atoms with Gasteiger partial charge in [-0.3, -0.25) is 9.59 Å². The fourth-order valence-electron chi connectivity index (χ4n) is 2.17. The van der Waals surface area contributed by atoms with Gasteiger partial charge < -0.3 is 14.9 Å². The number of piperidine rings is 1. The SMILES string of the molecule is CN(C(=O)C(=O)N1CCCCC1)c1ccc(O)cc1.